The number of likely N-dealkylation sites (tertiary alicyclic amines) is 1. The molecule has 1 atom stereocenters. The number of likely N-dealkylation sites (N-methyl/N-ethyl adjacent to an activating group) is 1. The third-order valence-electron chi connectivity index (χ3n) is 7.05. The summed E-state index contributed by atoms with van der Waals surface area (Å²) >= 11 is 6.33. The molecule has 5 nitrogen and oxygen atoms in total. The largest absolute Gasteiger partial charge is 0.492 e. The zero-order valence-corrected chi connectivity index (χ0v) is 18.9. The van der Waals surface area contributed by atoms with Gasteiger partial charge in [-0.15, -0.1) is 0 Å². The van der Waals surface area contributed by atoms with Crippen molar-refractivity contribution in [3.8, 4) is 5.75 Å². The van der Waals surface area contributed by atoms with E-state index in [-0.39, 0.29) is 11.2 Å². The van der Waals surface area contributed by atoms with Gasteiger partial charge in [0.25, 0.3) is 0 Å². The maximum atomic E-state index is 13.9. The number of aromatic nitrogens is 1. The van der Waals surface area contributed by atoms with Gasteiger partial charge in [0.1, 0.15) is 23.3 Å². The van der Waals surface area contributed by atoms with Crippen LogP contribution in [0.3, 0.4) is 0 Å². The quantitative estimate of drug-likeness (QED) is 0.554. The molecule has 32 heavy (non-hydrogen) atoms. The molecule has 1 amide bonds. The summed E-state index contributed by atoms with van der Waals surface area (Å²) in [5.41, 5.74) is 9.19. The molecule has 166 valence electrons. The van der Waals surface area contributed by atoms with Crippen molar-refractivity contribution in [1.82, 2.24) is 9.88 Å². The van der Waals surface area contributed by atoms with Crippen LogP contribution in [0.25, 0.3) is 10.9 Å². The molecule has 2 fully saturated rings. The van der Waals surface area contributed by atoms with Gasteiger partial charge in [-0.2, -0.15) is 0 Å². The Hall–Kier alpha value is -2.70. The number of carbonyl (C=O) groups is 1. The van der Waals surface area contributed by atoms with Crippen LogP contribution in [-0.2, 0) is 5.41 Å². The molecule has 1 unspecified atom stereocenters. The van der Waals surface area contributed by atoms with Crippen LogP contribution in [0, 0.1) is 12.7 Å². The first-order valence-corrected chi connectivity index (χ1v) is 11.2. The topological polar surface area (TPSA) is 68.5 Å². The highest BCUT2D eigenvalue weighted by atomic mass is 35.5. The average molecular weight is 454 g/mol. The highest BCUT2D eigenvalue weighted by Gasteiger charge is 2.48. The molecule has 2 N–H and O–H groups in total. The SMILES string of the molecule is Cc1c(C(N)=O)cc(OCC2CCN2C)cc1C1(c2cc(Cl)nc3cc(F)ccc23)CC1. The second-order valence-electron chi connectivity index (χ2n) is 8.98. The number of pyridine rings is 1. The molecule has 0 bridgehead atoms. The molecule has 2 heterocycles. The van der Waals surface area contributed by atoms with Gasteiger partial charge in [-0.25, -0.2) is 9.37 Å². The number of hydrogen-bond donors (Lipinski definition) is 1. The predicted octanol–water partition coefficient (Wildman–Crippen LogP) is 4.60. The lowest BCUT2D eigenvalue weighted by molar-refractivity contribution is 0.0767. The third kappa shape index (κ3) is 3.51. The summed E-state index contributed by atoms with van der Waals surface area (Å²) in [6.45, 7) is 3.55. The summed E-state index contributed by atoms with van der Waals surface area (Å²) in [4.78, 5) is 18.8. The zero-order chi connectivity index (χ0) is 22.6. The lowest BCUT2D eigenvalue weighted by Gasteiger charge is -2.37. The Kier molecular flexibility index (Phi) is 5.10. The molecule has 2 aliphatic rings. The third-order valence-corrected chi connectivity index (χ3v) is 7.24. The van der Waals surface area contributed by atoms with E-state index in [2.05, 4.69) is 16.9 Å². The highest BCUT2D eigenvalue weighted by Crippen LogP contribution is 2.57. The van der Waals surface area contributed by atoms with E-state index in [1.807, 2.05) is 19.1 Å². The van der Waals surface area contributed by atoms with Crippen LogP contribution >= 0.6 is 11.6 Å². The lowest BCUT2D eigenvalue weighted by Crippen LogP contribution is -2.48. The van der Waals surface area contributed by atoms with Crippen LogP contribution < -0.4 is 10.5 Å². The Bertz CT molecular complexity index is 1240. The fourth-order valence-electron chi connectivity index (χ4n) is 4.87. The molecular formula is C25H25ClFN3O2. The van der Waals surface area contributed by atoms with Gasteiger partial charge < -0.3 is 10.5 Å². The number of ether oxygens (including phenoxy) is 1. The van der Waals surface area contributed by atoms with Gasteiger partial charge in [0.05, 0.1) is 5.52 Å². The Morgan fingerprint density at radius 2 is 2.06 bits per heavy atom. The van der Waals surface area contributed by atoms with Crippen molar-refractivity contribution in [2.24, 2.45) is 5.73 Å². The molecule has 1 aromatic heterocycles. The van der Waals surface area contributed by atoms with Crippen molar-refractivity contribution >= 4 is 28.4 Å². The van der Waals surface area contributed by atoms with E-state index < -0.39 is 5.91 Å². The first kappa shape index (κ1) is 21.2. The van der Waals surface area contributed by atoms with Gasteiger partial charge in [-0.3, -0.25) is 9.69 Å². The maximum Gasteiger partial charge on any atom is 0.249 e. The summed E-state index contributed by atoms with van der Waals surface area (Å²) in [5.74, 6) is -0.196. The Labute approximate surface area is 191 Å². The van der Waals surface area contributed by atoms with Crippen molar-refractivity contribution in [1.29, 1.82) is 0 Å². The van der Waals surface area contributed by atoms with Gasteiger partial charge in [-0.05, 0) is 86.8 Å². The molecule has 7 heteroatoms. The molecule has 5 rings (SSSR count). The number of carbonyl (C=O) groups excluding carboxylic acids is 1. The number of amides is 1. The fourth-order valence-corrected chi connectivity index (χ4v) is 5.07. The zero-order valence-electron chi connectivity index (χ0n) is 18.1. The minimum atomic E-state index is -0.481. The van der Waals surface area contributed by atoms with Gasteiger partial charge in [-0.1, -0.05) is 11.6 Å². The summed E-state index contributed by atoms with van der Waals surface area (Å²) < 4.78 is 20.0. The number of fused-ring (bicyclic) bond motifs is 1. The van der Waals surface area contributed by atoms with Gasteiger partial charge in [0.2, 0.25) is 5.91 Å². The summed E-state index contributed by atoms with van der Waals surface area (Å²) in [6, 6.07) is 10.6. The van der Waals surface area contributed by atoms with E-state index in [1.54, 1.807) is 12.1 Å². The van der Waals surface area contributed by atoms with Crippen LogP contribution in [0.2, 0.25) is 5.15 Å². The number of rotatable bonds is 6. The standard InChI is InChI=1S/C25H25ClFN3O2/c1-14-19(24(28)31)10-17(32-13-16-5-8-30(16)2)11-20(14)25(6-7-25)21-12-23(26)29-22-9-15(27)3-4-18(21)22/h3-4,9-12,16H,5-8,13H2,1-2H3,(H2,28,31). The Balaban J connectivity index is 1.62. The minimum Gasteiger partial charge on any atom is -0.492 e. The van der Waals surface area contributed by atoms with Crippen LogP contribution in [0.5, 0.6) is 5.75 Å². The molecule has 1 aliphatic heterocycles. The average Bonchev–Trinajstić information content (AvgIpc) is 3.54. The van der Waals surface area contributed by atoms with Crippen LogP contribution in [0.1, 0.15) is 46.3 Å². The van der Waals surface area contributed by atoms with E-state index in [1.165, 1.54) is 12.1 Å². The monoisotopic (exact) mass is 453 g/mol. The molecule has 2 aromatic carbocycles. The number of halogens is 2. The number of hydrogen-bond acceptors (Lipinski definition) is 4. The second kappa shape index (κ2) is 7.71. The molecule has 1 saturated carbocycles. The molecule has 0 radical (unpaired) electrons. The Morgan fingerprint density at radius 3 is 2.69 bits per heavy atom. The maximum absolute atomic E-state index is 13.9. The number of nitrogens with two attached hydrogens (primary N) is 1. The van der Waals surface area contributed by atoms with E-state index in [9.17, 15) is 9.18 Å². The summed E-state index contributed by atoms with van der Waals surface area (Å²) in [7, 11) is 2.08. The van der Waals surface area contributed by atoms with Crippen molar-refractivity contribution in [3.05, 3.63) is 69.6 Å². The molecule has 3 aromatic rings. The number of nitrogens with zero attached hydrogens (tertiary/aromatic N) is 2. The Morgan fingerprint density at radius 1 is 1.28 bits per heavy atom. The van der Waals surface area contributed by atoms with Gasteiger partial charge >= 0.3 is 0 Å². The van der Waals surface area contributed by atoms with Crippen LogP contribution in [-0.4, -0.2) is 42.0 Å². The summed E-state index contributed by atoms with van der Waals surface area (Å²) in [6.07, 6.45) is 2.86. The second-order valence-corrected chi connectivity index (χ2v) is 9.37. The van der Waals surface area contributed by atoms with Gasteiger partial charge in [0.15, 0.2) is 0 Å². The number of benzene rings is 2. The molecule has 1 saturated heterocycles. The predicted molar refractivity (Wildman–Crippen MR) is 123 cm³/mol. The van der Waals surface area contributed by atoms with Crippen LogP contribution in [0.4, 0.5) is 4.39 Å². The molecular weight excluding hydrogens is 429 g/mol. The molecule has 1 aliphatic carbocycles. The van der Waals surface area contributed by atoms with E-state index >= 15 is 0 Å². The fraction of sp³-hybridized carbons (Fsp3) is 0.360. The van der Waals surface area contributed by atoms with Crippen molar-refractivity contribution in [2.75, 3.05) is 20.2 Å². The van der Waals surface area contributed by atoms with E-state index in [0.29, 0.717) is 34.6 Å². The number of primary amides is 1. The molecule has 0 spiro atoms. The highest BCUT2D eigenvalue weighted by molar-refractivity contribution is 6.30. The summed E-state index contributed by atoms with van der Waals surface area (Å²) in [5, 5.41) is 1.17. The first-order valence-electron chi connectivity index (χ1n) is 10.8. The lowest BCUT2D eigenvalue weighted by atomic mass is 9.82. The van der Waals surface area contributed by atoms with Gasteiger partial charge in [0, 0.05) is 28.5 Å². The van der Waals surface area contributed by atoms with Crippen molar-refractivity contribution in [3.63, 3.8) is 0 Å². The normalized spacial score (nSPS) is 19.6. The smallest absolute Gasteiger partial charge is 0.249 e. The minimum absolute atomic E-state index is 0.317. The van der Waals surface area contributed by atoms with Crippen molar-refractivity contribution < 1.29 is 13.9 Å². The first-order chi connectivity index (χ1) is 15.3. The van der Waals surface area contributed by atoms with Crippen LogP contribution in [0.15, 0.2) is 36.4 Å². The van der Waals surface area contributed by atoms with E-state index in [0.717, 1.165) is 47.9 Å². The van der Waals surface area contributed by atoms with Crippen molar-refractivity contribution in [2.45, 2.75) is 37.6 Å². The van der Waals surface area contributed by atoms with E-state index in [4.69, 9.17) is 22.1 Å².